The maximum Gasteiger partial charge on any atom is 0.0267 e. The van der Waals surface area contributed by atoms with E-state index in [2.05, 4.69) is 32.0 Å². The van der Waals surface area contributed by atoms with Crippen LogP contribution in [0.5, 0.6) is 0 Å². The Morgan fingerprint density at radius 1 is 1.36 bits per heavy atom. The molecule has 1 unspecified atom stereocenters. The summed E-state index contributed by atoms with van der Waals surface area (Å²) < 4.78 is 0. The number of hydrogen-bond donors (Lipinski definition) is 1. The molecule has 0 heterocycles. The first kappa shape index (κ1) is 13.9. The second-order valence-electron chi connectivity index (χ2n) is 3.99. The van der Waals surface area contributed by atoms with Crippen molar-refractivity contribution in [2.45, 2.75) is 39.7 Å². The van der Waals surface area contributed by atoms with Crippen LogP contribution in [-0.4, -0.2) is 24.1 Å². The highest BCUT2D eigenvalue weighted by molar-refractivity contribution is 7.99. The van der Waals surface area contributed by atoms with E-state index in [0.29, 0.717) is 6.04 Å². The summed E-state index contributed by atoms with van der Waals surface area (Å²) in [7, 11) is 0. The van der Waals surface area contributed by atoms with Crippen LogP contribution in [-0.2, 0) is 0 Å². The van der Waals surface area contributed by atoms with Gasteiger partial charge in [0.1, 0.15) is 0 Å². The Hall–Kier alpha value is -0.130. The van der Waals surface area contributed by atoms with Gasteiger partial charge in [0.05, 0.1) is 0 Å². The van der Waals surface area contributed by atoms with Crippen molar-refractivity contribution in [2.24, 2.45) is 5.92 Å². The van der Waals surface area contributed by atoms with Gasteiger partial charge in [-0.1, -0.05) is 20.8 Å². The molecule has 0 aliphatic heterocycles. The molecule has 82 valence electrons. The Kier molecular flexibility index (Phi) is 9.34. The first-order chi connectivity index (χ1) is 6.70. The summed E-state index contributed by atoms with van der Waals surface area (Å²) in [6.07, 6.45) is 7.36. The van der Waals surface area contributed by atoms with Crippen molar-refractivity contribution in [3.05, 3.63) is 0 Å². The molecule has 0 amide bonds. The van der Waals surface area contributed by atoms with Gasteiger partial charge in [-0.25, -0.2) is 0 Å². The molecule has 0 saturated carbocycles. The fourth-order valence-electron chi connectivity index (χ4n) is 1.13. The molecule has 0 bridgehead atoms. The molecule has 0 aromatic heterocycles. The van der Waals surface area contributed by atoms with Gasteiger partial charge >= 0.3 is 0 Å². The molecule has 0 fully saturated rings. The van der Waals surface area contributed by atoms with Crippen LogP contribution in [0.2, 0.25) is 0 Å². The number of terminal acetylenes is 1. The van der Waals surface area contributed by atoms with E-state index in [1.807, 2.05) is 11.8 Å². The third-order valence-corrected chi connectivity index (χ3v) is 3.36. The zero-order chi connectivity index (χ0) is 10.8. The minimum Gasteiger partial charge on any atom is -0.312 e. The summed E-state index contributed by atoms with van der Waals surface area (Å²) >= 11 is 2.00. The van der Waals surface area contributed by atoms with Crippen molar-refractivity contribution in [1.29, 1.82) is 0 Å². The molecule has 14 heavy (non-hydrogen) atoms. The topological polar surface area (TPSA) is 12.0 Å². The number of rotatable bonds is 8. The minimum absolute atomic E-state index is 0.503. The highest BCUT2D eigenvalue weighted by Gasteiger charge is 2.06. The standard InChI is InChI=1S/C12H23NS/c1-5-7-12(13-8-6-2)10-14-9-11(3)4/h1,11-13H,6-10H2,2-4H3. The Labute approximate surface area is 93.4 Å². The van der Waals surface area contributed by atoms with Crippen LogP contribution < -0.4 is 5.32 Å². The highest BCUT2D eigenvalue weighted by atomic mass is 32.2. The van der Waals surface area contributed by atoms with Crippen molar-refractivity contribution in [3.63, 3.8) is 0 Å². The van der Waals surface area contributed by atoms with Crippen molar-refractivity contribution in [2.75, 3.05) is 18.1 Å². The fraction of sp³-hybridized carbons (Fsp3) is 0.833. The highest BCUT2D eigenvalue weighted by Crippen LogP contribution is 2.10. The molecule has 1 atom stereocenters. The van der Waals surface area contributed by atoms with Crippen molar-refractivity contribution < 1.29 is 0 Å². The average Bonchev–Trinajstić information content (AvgIpc) is 2.13. The van der Waals surface area contributed by atoms with Crippen molar-refractivity contribution >= 4 is 11.8 Å². The summed E-state index contributed by atoms with van der Waals surface area (Å²) in [6, 6.07) is 0.503. The Balaban J connectivity index is 3.57. The fourth-order valence-corrected chi connectivity index (χ4v) is 2.25. The third kappa shape index (κ3) is 8.47. The SMILES string of the molecule is C#CCC(CSCC(C)C)NCCC. The zero-order valence-electron chi connectivity index (χ0n) is 9.68. The van der Waals surface area contributed by atoms with Crippen LogP contribution in [0.1, 0.15) is 33.6 Å². The van der Waals surface area contributed by atoms with Gasteiger partial charge in [-0.3, -0.25) is 0 Å². The van der Waals surface area contributed by atoms with E-state index in [4.69, 9.17) is 6.42 Å². The first-order valence-corrected chi connectivity index (χ1v) is 6.60. The predicted octanol–water partition coefficient (Wildman–Crippen LogP) is 2.77. The molecule has 0 aliphatic carbocycles. The molecule has 0 aromatic rings. The second-order valence-corrected chi connectivity index (χ2v) is 5.07. The first-order valence-electron chi connectivity index (χ1n) is 5.45. The molecule has 0 spiro atoms. The quantitative estimate of drug-likeness (QED) is 0.622. The Bertz CT molecular complexity index is 160. The van der Waals surface area contributed by atoms with Gasteiger partial charge in [0, 0.05) is 18.2 Å². The monoisotopic (exact) mass is 213 g/mol. The average molecular weight is 213 g/mol. The summed E-state index contributed by atoms with van der Waals surface area (Å²) in [5.41, 5.74) is 0. The smallest absolute Gasteiger partial charge is 0.0267 e. The molecule has 0 aromatic carbocycles. The molecule has 0 rings (SSSR count). The summed E-state index contributed by atoms with van der Waals surface area (Å²) in [5.74, 6) is 5.89. The van der Waals surface area contributed by atoms with Crippen LogP contribution in [0.3, 0.4) is 0 Å². The molecular weight excluding hydrogens is 190 g/mol. The lowest BCUT2D eigenvalue weighted by atomic mass is 10.2. The van der Waals surface area contributed by atoms with Gasteiger partial charge in [0.25, 0.3) is 0 Å². The molecule has 0 radical (unpaired) electrons. The van der Waals surface area contributed by atoms with E-state index in [0.717, 1.165) is 24.6 Å². The lowest BCUT2D eigenvalue weighted by Gasteiger charge is -2.16. The van der Waals surface area contributed by atoms with Crippen LogP contribution in [0, 0.1) is 18.3 Å². The van der Waals surface area contributed by atoms with Crippen molar-refractivity contribution in [3.8, 4) is 12.3 Å². The third-order valence-electron chi connectivity index (χ3n) is 1.82. The van der Waals surface area contributed by atoms with Gasteiger partial charge < -0.3 is 5.32 Å². The van der Waals surface area contributed by atoms with Gasteiger partial charge in [0.2, 0.25) is 0 Å². The van der Waals surface area contributed by atoms with Crippen LogP contribution in [0.4, 0.5) is 0 Å². The van der Waals surface area contributed by atoms with E-state index < -0.39 is 0 Å². The Morgan fingerprint density at radius 3 is 2.57 bits per heavy atom. The maximum absolute atomic E-state index is 5.33. The number of nitrogens with one attached hydrogen (secondary N) is 1. The van der Waals surface area contributed by atoms with Crippen LogP contribution in [0.15, 0.2) is 0 Å². The minimum atomic E-state index is 0.503. The summed E-state index contributed by atoms with van der Waals surface area (Å²) in [6.45, 7) is 7.76. The van der Waals surface area contributed by atoms with E-state index in [9.17, 15) is 0 Å². The largest absolute Gasteiger partial charge is 0.312 e. The molecule has 1 nitrogen and oxygen atoms in total. The zero-order valence-corrected chi connectivity index (χ0v) is 10.5. The molecule has 2 heteroatoms. The van der Waals surface area contributed by atoms with Gasteiger partial charge in [0.15, 0.2) is 0 Å². The number of thioether (sulfide) groups is 1. The van der Waals surface area contributed by atoms with Gasteiger partial charge in [-0.05, 0) is 24.6 Å². The molecule has 0 aliphatic rings. The van der Waals surface area contributed by atoms with E-state index >= 15 is 0 Å². The van der Waals surface area contributed by atoms with Gasteiger partial charge in [-0.15, -0.1) is 12.3 Å². The molecular formula is C12H23NS. The van der Waals surface area contributed by atoms with Crippen LogP contribution >= 0.6 is 11.8 Å². The summed E-state index contributed by atoms with van der Waals surface area (Å²) in [4.78, 5) is 0. The predicted molar refractivity (Wildman–Crippen MR) is 67.7 cm³/mol. The lowest BCUT2D eigenvalue weighted by molar-refractivity contribution is 0.562. The number of hydrogen-bond acceptors (Lipinski definition) is 2. The molecule has 1 N–H and O–H groups in total. The van der Waals surface area contributed by atoms with E-state index in [1.54, 1.807) is 0 Å². The maximum atomic E-state index is 5.33. The van der Waals surface area contributed by atoms with Crippen molar-refractivity contribution in [1.82, 2.24) is 5.32 Å². The van der Waals surface area contributed by atoms with E-state index in [1.165, 1.54) is 12.2 Å². The Morgan fingerprint density at radius 2 is 2.07 bits per heavy atom. The van der Waals surface area contributed by atoms with E-state index in [-0.39, 0.29) is 0 Å². The normalized spacial score (nSPS) is 12.8. The lowest BCUT2D eigenvalue weighted by Crippen LogP contribution is -2.31. The summed E-state index contributed by atoms with van der Waals surface area (Å²) in [5, 5.41) is 3.48. The van der Waals surface area contributed by atoms with Crippen LogP contribution in [0.25, 0.3) is 0 Å². The second kappa shape index (κ2) is 9.43. The van der Waals surface area contributed by atoms with Gasteiger partial charge in [-0.2, -0.15) is 11.8 Å². The molecule has 0 saturated heterocycles.